The van der Waals surface area contributed by atoms with Crippen LogP contribution in [-0.2, 0) is 6.54 Å². The summed E-state index contributed by atoms with van der Waals surface area (Å²) in [4.78, 5) is 9.80. The molecule has 0 saturated heterocycles. The van der Waals surface area contributed by atoms with Crippen molar-refractivity contribution in [3.05, 3.63) is 33.9 Å². The van der Waals surface area contributed by atoms with Gasteiger partial charge in [0.25, 0.3) is 0 Å². The number of aliphatic hydroxyl groups excluding tert-OH is 1. The summed E-state index contributed by atoms with van der Waals surface area (Å²) in [5.74, 6) is -0.346. The van der Waals surface area contributed by atoms with Crippen LogP contribution in [0.5, 0.6) is 5.75 Å². The van der Waals surface area contributed by atoms with E-state index in [1.54, 1.807) is 13.0 Å². The number of benzene rings is 1. The van der Waals surface area contributed by atoms with E-state index in [9.17, 15) is 15.2 Å². The maximum atomic E-state index is 10.4. The second-order valence-corrected chi connectivity index (χ2v) is 3.56. The molecule has 0 spiro atoms. The second-order valence-electron chi connectivity index (χ2n) is 3.56. The Balaban J connectivity index is 0.00000256. The van der Waals surface area contributed by atoms with E-state index in [2.05, 4.69) is 5.32 Å². The fourth-order valence-corrected chi connectivity index (χ4v) is 1.26. The lowest BCUT2D eigenvalue weighted by Crippen LogP contribution is -2.23. The van der Waals surface area contributed by atoms with Crippen LogP contribution in [0.2, 0.25) is 0 Å². The molecule has 96 valence electrons. The topological polar surface area (TPSA) is 95.6 Å². The summed E-state index contributed by atoms with van der Waals surface area (Å²) in [6.07, 6.45) is -0.452. The zero-order chi connectivity index (χ0) is 12.1. The van der Waals surface area contributed by atoms with E-state index in [1.807, 2.05) is 0 Å². The lowest BCUT2D eigenvalue weighted by Gasteiger charge is -2.07. The Bertz CT molecular complexity index is 385. The van der Waals surface area contributed by atoms with Gasteiger partial charge in [0.05, 0.1) is 11.0 Å². The van der Waals surface area contributed by atoms with E-state index in [1.165, 1.54) is 12.1 Å². The molecule has 1 rings (SSSR count). The molecule has 0 heterocycles. The molecule has 0 aliphatic rings. The predicted molar refractivity (Wildman–Crippen MR) is 65.4 cm³/mol. The van der Waals surface area contributed by atoms with Crippen molar-refractivity contribution in [3.63, 3.8) is 0 Å². The largest absolute Gasteiger partial charge is 0.502 e. The first-order valence-electron chi connectivity index (χ1n) is 4.85. The molecule has 1 aromatic rings. The average molecular weight is 263 g/mol. The zero-order valence-electron chi connectivity index (χ0n) is 9.29. The number of aliphatic hydroxyl groups is 1. The molecule has 0 fully saturated rings. The summed E-state index contributed by atoms with van der Waals surface area (Å²) in [6.45, 7) is 2.52. The number of nitro groups is 1. The number of nitrogens with one attached hydrogen (secondary N) is 1. The van der Waals surface area contributed by atoms with Crippen LogP contribution in [0.3, 0.4) is 0 Å². The average Bonchev–Trinajstić information content (AvgIpc) is 2.16. The number of rotatable bonds is 5. The van der Waals surface area contributed by atoms with E-state index >= 15 is 0 Å². The standard InChI is InChI=1S/C10H14N2O4.ClH/c1-7(13)5-11-6-8-2-3-9(12(15)16)10(14)4-8;/h2-4,7,11,13-14H,5-6H2,1H3;1H. The summed E-state index contributed by atoms with van der Waals surface area (Å²) >= 11 is 0. The first-order valence-corrected chi connectivity index (χ1v) is 4.85. The lowest BCUT2D eigenvalue weighted by molar-refractivity contribution is -0.385. The SMILES string of the molecule is CC(O)CNCc1ccc([N+](=O)[O-])c(O)c1.Cl. The van der Waals surface area contributed by atoms with Crippen molar-refractivity contribution in [1.82, 2.24) is 5.32 Å². The molecular weight excluding hydrogens is 248 g/mol. The Morgan fingerprint density at radius 1 is 1.53 bits per heavy atom. The van der Waals surface area contributed by atoms with Gasteiger partial charge < -0.3 is 15.5 Å². The number of hydrogen-bond acceptors (Lipinski definition) is 5. The molecule has 1 unspecified atom stereocenters. The van der Waals surface area contributed by atoms with E-state index < -0.39 is 11.0 Å². The van der Waals surface area contributed by atoms with Crippen LogP contribution in [0.1, 0.15) is 12.5 Å². The van der Waals surface area contributed by atoms with E-state index in [0.717, 1.165) is 5.56 Å². The Labute approximate surface area is 105 Å². The highest BCUT2D eigenvalue weighted by Crippen LogP contribution is 2.25. The number of nitrogens with zero attached hydrogens (tertiary/aromatic N) is 1. The Hall–Kier alpha value is -1.37. The third kappa shape index (κ3) is 4.99. The normalized spacial score (nSPS) is 11.6. The van der Waals surface area contributed by atoms with Crippen LogP contribution in [0, 0.1) is 10.1 Å². The van der Waals surface area contributed by atoms with Crippen LogP contribution in [0.25, 0.3) is 0 Å². The molecule has 0 saturated carbocycles. The molecule has 1 atom stereocenters. The first-order chi connectivity index (χ1) is 7.50. The van der Waals surface area contributed by atoms with Gasteiger partial charge >= 0.3 is 5.69 Å². The first kappa shape index (κ1) is 15.6. The van der Waals surface area contributed by atoms with Gasteiger partial charge in [-0.1, -0.05) is 6.07 Å². The second kappa shape index (κ2) is 7.05. The highest BCUT2D eigenvalue weighted by molar-refractivity contribution is 5.85. The summed E-state index contributed by atoms with van der Waals surface area (Å²) in [5.41, 5.74) is 0.419. The quantitative estimate of drug-likeness (QED) is 0.547. The fraction of sp³-hybridized carbons (Fsp3) is 0.400. The number of nitro benzene ring substituents is 1. The number of aromatic hydroxyl groups is 1. The van der Waals surface area contributed by atoms with Crippen molar-refractivity contribution in [1.29, 1.82) is 0 Å². The summed E-state index contributed by atoms with van der Waals surface area (Å²) in [7, 11) is 0. The molecule has 0 bridgehead atoms. The van der Waals surface area contributed by atoms with E-state index in [0.29, 0.717) is 13.1 Å². The van der Waals surface area contributed by atoms with Gasteiger partial charge in [0.1, 0.15) is 0 Å². The molecule has 7 heteroatoms. The number of halogens is 1. The maximum absolute atomic E-state index is 10.4. The van der Waals surface area contributed by atoms with Crippen molar-refractivity contribution in [2.24, 2.45) is 0 Å². The number of hydrogen-bond donors (Lipinski definition) is 3. The summed E-state index contributed by atoms with van der Waals surface area (Å²) in [5, 5.41) is 31.7. The smallest absolute Gasteiger partial charge is 0.310 e. The van der Waals surface area contributed by atoms with Gasteiger partial charge in [0.2, 0.25) is 0 Å². The molecule has 3 N–H and O–H groups in total. The Morgan fingerprint density at radius 3 is 2.65 bits per heavy atom. The molecule has 0 aliphatic carbocycles. The van der Waals surface area contributed by atoms with Crippen molar-refractivity contribution < 1.29 is 15.1 Å². The van der Waals surface area contributed by atoms with Crippen LogP contribution in [0.4, 0.5) is 5.69 Å². The molecule has 0 aromatic heterocycles. The van der Waals surface area contributed by atoms with Crippen molar-refractivity contribution in [2.45, 2.75) is 19.6 Å². The van der Waals surface area contributed by atoms with Gasteiger partial charge in [-0.25, -0.2) is 0 Å². The zero-order valence-corrected chi connectivity index (χ0v) is 10.1. The minimum Gasteiger partial charge on any atom is -0.502 e. The van der Waals surface area contributed by atoms with Crippen LogP contribution >= 0.6 is 12.4 Å². The highest BCUT2D eigenvalue weighted by atomic mass is 35.5. The third-order valence-electron chi connectivity index (χ3n) is 2.01. The fourth-order valence-electron chi connectivity index (χ4n) is 1.26. The third-order valence-corrected chi connectivity index (χ3v) is 2.01. The van der Waals surface area contributed by atoms with Crippen LogP contribution in [0.15, 0.2) is 18.2 Å². The van der Waals surface area contributed by atoms with Gasteiger partial charge in [0.15, 0.2) is 5.75 Å². The van der Waals surface area contributed by atoms with Gasteiger partial charge in [-0.15, -0.1) is 12.4 Å². The van der Waals surface area contributed by atoms with Gasteiger partial charge in [-0.3, -0.25) is 10.1 Å². The van der Waals surface area contributed by atoms with Crippen molar-refractivity contribution in [2.75, 3.05) is 6.54 Å². The lowest BCUT2D eigenvalue weighted by atomic mass is 10.2. The van der Waals surface area contributed by atoms with Crippen molar-refractivity contribution in [3.8, 4) is 5.75 Å². The molecule has 17 heavy (non-hydrogen) atoms. The molecule has 0 amide bonds. The van der Waals surface area contributed by atoms with Crippen LogP contribution < -0.4 is 5.32 Å². The maximum Gasteiger partial charge on any atom is 0.310 e. The molecule has 6 nitrogen and oxygen atoms in total. The summed E-state index contributed by atoms with van der Waals surface area (Å²) < 4.78 is 0. The molecule has 0 aliphatic heterocycles. The van der Waals surface area contributed by atoms with Gasteiger partial charge in [0, 0.05) is 19.2 Å². The van der Waals surface area contributed by atoms with E-state index in [4.69, 9.17) is 5.11 Å². The Morgan fingerprint density at radius 2 is 2.18 bits per heavy atom. The summed E-state index contributed by atoms with van der Waals surface area (Å²) in [6, 6.07) is 4.16. The van der Waals surface area contributed by atoms with Gasteiger partial charge in [-0.05, 0) is 18.6 Å². The monoisotopic (exact) mass is 262 g/mol. The number of phenolic OH excluding ortho intramolecular Hbond substituents is 1. The molecular formula is C10H15ClN2O4. The molecule has 0 radical (unpaired) electrons. The minimum atomic E-state index is -0.637. The number of phenols is 1. The highest BCUT2D eigenvalue weighted by Gasteiger charge is 2.12. The predicted octanol–water partition coefficient (Wildman–Crippen LogP) is 1.19. The molecule has 1 aromatic carbocycles. The Kier molecular flexibility index (Phi) is 6.48. The van der Waals surface area contributed by atoms with Crippen LogP contribution in [-0.4, -0.2) is 27.8 Å². The van der Waals surface area contributed by atoms with E-state index in [-0.39, 0.29) is 23.8 Å². The minimum absolute atomic E-state index is 0. The van der Waals surface area contributed by atoms with Crippen molar-refractivity contribution >= 4 is 18.1 Å². The van der Waals surface area contributed by atoms with Gasteiger partial charge in [-0.2, -0.15) is 0 Å².